The number of halogens is 2. The fraction of sp³-hybridized carbons (Fsp3) is 0.240. The first kappa shape index (κ1) is 23.2. The van der Waals surface area contributed by atoms with Crippen LogP contribution in [0.25, 0.3) is 22.2 Å². The zero-order chi connectivity index (χ0) is 24.2. The zero-order valence-electron chi connectivity index (χ0n) is 19.0. The van der Waals surface area contributed by atoms with E-state index in [9.17, 15) is 13.6 Å². The zero-order valence-corrected chi connectivity index (χ0v) is 19.0. The Balaban J connectivity index is 1.54. The standard InChI is InChI=1S/C25H24F2N6O/c1-14(10-30-22-9-20(32-13-33-22)16-7-8-21(27)29-11-16)15(2)17-5-4-6-18-23(25(34)28-3)19(26)12-31-24(17)18/h4-9,11-15H,10H2,1-3H3,(H,28,34)(H,30,32,33)/t14-,15?/m1/s1. The maximum absolute atomic E-state index is 14.4. The predicted molar refractivity (Wildman–Crippen MR) is 126 cm³/mol. The third-order valence-electron chi connectivity index (χ3n) is 5.98. The number of carbonyl (C=O) groups excluding carboxylic acids is 1. The van der Waals surface area contributed by atoms with Crippen LogP contribution in [-0.4, -0.2) is 39.4 Å². The summed E-state index contributed by atoms with van der Waals surface area (Å²) in [6.45, 7) is 4.76. The van der Waals surface area contributed by atoms with E-state index in [0.29, 0.717) is 34.5 Å². The van der Waals surface area contributed by atoms with Crippen LogP contribution in [0.5, 0.6) is 0 Å². The Labute approximate surface area is 195 Å². The average Bonchev–Trinajstić information content (AvgIpc) is 2.86. The number of carbonyl (C=O) groups is 1. The first-order chi connectivity index (χ1) is 16.4. The molecule has 1 unspecified atom stereocenters. The van der Waals surface area contributed by atoms with E-state index in [1.54, 1.807) is 18.2 Å². The van der Waals surface area contributed by atoms with Gasteiger partial charge in [0.15, 0.2) is 5.82 Å². The molecule has 9 heteroatoms. The van der Waals surface area contributed by atoms with E-state index in [4.69, 9.17) is 0 Å². The van der Waals surface area contributed by atoms with Crippen molar-refractivity contribution in [2.75, 3.05) is 18.9 Å². The van der Waals surface area contributed by atoms with Gasteiger partial charge in [-0.1, -0.05) is 32.0 Å². The molecule has 0 saturated heterocycles. The second-order valence-electron chi connectivity index (χ2n) is 8.11. The number of aromatic nitrogens is 4. The highest BCUT2D eigenvalue weighted by Crippen LogP contribution is 2.32. The van der Waals surface area contributed by atoms with Crippen LogP contribution >= 0.6 is 0 Å². The molecule has 2 atom stereocenters. The largest absolute Gasteiger partial charge is 0.370 e. The van der Waals surface area contributed by atoms with Gasteiger partial charge in [0.2, 0.25) is 5.95 Å². The summed E-state index contributed by atoms with van der Waals surface area (Å²) < 4.78 is 27.5. The van der Waals surface area contributed by atoms with Crippen molar-refractivity contribution in [3.63, 3.8) is 0 Å². The summed E-state index contributed by atoms with van der Waals surface area (Å²) in [5, 5.41) is 6.30. The molecule has 0 bridgehead atoms. The Hall–Kier alpha value is -4.01. The van der Waals surface area contributed by atoms with E-state index < -0.39 is 17.7 Å². The van der Waals surface area contributed by atoms with Crippen LogP contribution in [-0.2, 0) is 0 Å². The van der Waals surface area contributed by atoms with Crippen molar-refractivity contribution in [3.8, 4) is 11.3 Å². The Morgan fingerprint density at radius 2 is 1.85 bits per heavy atom. The fourth-order valence-electron chi connectivity index (χ4n) is 3.83. The number of anilines is 1. The van der Waals surface area contributed by atoms with Gasteiger partial charge < -0.3 is 10.6 Å². The van der Waals surface area contributed by atoms with Gasteiger partial charge in [-0.3, -0.25) is 9.78 Å². The number of hydrogen-bond donors (Lipinski definition) is 2. The van der Waals surface area contributed by atoms with E-state index in [1.807, 2.05) is 12.1 Å². The number of nitrogens with one attached hydrogen (secondary N) is 2. The van der Waals surface area contributed by atoms with Crippen molar-refractivity contribution < 1.29 is 13.6 Å². The van der Waals surface area contributed by atoms with E-state index in [0.717, 1.165) is 11.8 Å². The summed E-state index contributed by atoms with van der Waals surface area (Å²) in [6, 6.07) is 10.2. The van der Waals surface area contributed by atoms with Crippen LogP contribution in [0, 0.1) is 17.7 Å². The van der Waals surface area contributed by atoms with Crippen molar-refractivity contribution in [3.05, 3.63) is 78.0 Å². The minimum absolute atomic E-state index is 0.00359. The Morgan fingerprint density at radius 1 is 1.03 bits per heavy atom. The summed E-state index contributed by atoms with van der Waals surface area (Å²) in [5.41, 5.74) is 2.85. The summed E-state index contributed by atoms with van der Waals surface area (Å²) in [4.78, 5) is 28.7. The monoisotopic (exact) mass is 462 g/mol. The molecule has 0 fully saturated rings. The molecule has 1 aromatic carbocycles. The fourth-order valence-corrected chi connectivity index (χ4v) is 3.83. The Bertz CT molecular complexity index is 1330. The molecule has 1 amide bonds. The number of fused-ring (bicyclic) bond motifs is 1. The van der Waals surface area contributed by atoms with Crippen molar-refractivity contribution >= 4 is 22.6 Å². The van der Waals surface area contributed by atoms with Crippen molar-refractivity contribution in [2.45, 2.75) is 19.8 Å². The van der Waals surface area contributed by atoms with Gasteiger partial charge in [-0.25, -0.2) is 19.3 Å². The van der Waals surface area contributed by atoms with E-state index in [2.05, 4.69) is 44.4 Å². The van der Waals surface area contributed by atoms with Crippen LogP contribution in [0.2, 0.25) is 0 Å². The third kappa shape index (κ3) is 4.68. The number of rotatable bonds is 7. The van der Waals surface area contributed by atoms with E-state index in [-0.39, 0.29) is 17.4 Å². The molecule has 174 valence electrons. The third-order valence-corrected chi connectivity index (χ3v) is 5.98. The lowest BCUT2D eigenvalue weighted by Crippen LogP contribution is -2.21. The molecule has 7 nitrogen and oxygen atoms in total. The number of benzene rings is 1. The quantitative estimate of drug-likeness (QED) is 0.391. The summed E-state index contributed by atoms with van der Waals surface area (Å²) >= 11 is 0. The second kappa shape index (κ2) is 9.86. The maximum Gasteiger partial charge on any atom is 0.254 e. The molecule has 0 aliphatic heterocycles. The molecule has 34 heavy (non-hydrogen) atoms. The highest BCUT2D eigenvalue weighted by atomic mass is 19.1. The molecule has 0 aliphatic rings. The number of hydrogen-bond acceptors (Lipinski definition) is 6. The van der Waals surface area contributed by atoms with Crippen molar-refractivity contribution in [2.24, 2.45) is 5.92 Å². The lowest BCUT2D eigenvalue weighted by atomic mass is 9.87. The molecule has 0 aliphatic carbocycles. The smallest absolute Gasteiger partial charge is 0.254 e. The Morgan fingerprint density at radius 3 is 2.59 bits per heavy atom. The van der Waals surface area contributed by atoms with Gasteiger partial charge in [0.05, 0.1) is 23.0 Å². The van der Waals surface area contributed by atoms with Gasteiger partial charge in [-0.15, -0.1) is 0 Å². The van der Waals surface area contributed by atoms with Gasteiger partial charge >= 0.3 is 0 Å². The first-order valence-electron chi connectivity index (χ1n) is 10.9. The molecule has 0 radical (unpaired) electrons. The van der Waals surface area contributed by atoms with Crippen LogP contribution in [0.15, 0.2) is 55.1 Å². The van der Waals surface area contributed by atoms with E-state index >= 15 is 0 Å². The molecule has 4 rings (SSSR count). The molecule has 0 spiro atoms. The maximum atomic E-state index is 14.4. The SMILES string of the molecule is CNC(=O)c1c(F)cnc2c(C(C)[C@H](C)CNc3cc(-c4ccc(F)nc4)ncn3)cccc12. The normalized spacial score (nSPS) is 12.9. The molecule has 0 saturated carbocycles. The molecule has 3 heterocycles. The summed E-state index contributed by atoms with van der Waals surface area (Å²) in [6.07, 6.45) is 3.97. The van der Waals surface area contributed by atoms with Gasteiger partial charge in [0, 0.05) is 36.8 Å². The summed E-state index contributed by atoms with van der Waals surface area (Å²) in [5.74, 6) is -0.857. The van der Waals surface area contributed by atoms with Crippen molar-refractivity contribution in [1.82, 2.24) is 25.3 Å². The number of pyridine rings is 2. The number of amides is 1. The molecule has 4 aromatic rings. The predicted octanol–water partition coefficient (Wildman–Crippen LogP) is 4.58. The molecule has 3 aromatic heterocycles. The highest BCUT2D eigenvalue weighted by Gasteiger charge is 2.21. The number of para-hydroxylation sites is 1. The second-order valence-corrected chi connectivity index (χ2v) is 8.11. The average molecular weight is 463 g/mol. The van der Waals surface area contributed by atoms with Crippen LogP contribution in [0.1, 0.15) is 35.7 Å². The number of nitrogens with zero attached hydrogens (tertiary/aromatic N) is 4. The summed E-state index contributed by atoms with van der Waals surface area (Å²) in [7, 11) is 1.47. The van der Waals surface area contributed by atoms with Gasteiger partial charge in [-0.05, 0) is 29.5 Å². The van der Waals surface area contributed by atoms with Crippen LogP contribution < -0.4 is 10.6 Å². The lowest BCUT2D eigenvalue weighted by molar-refractivity contribution is 0.0960. The van der Waals surface area contributed by atoms with Gasteiger partial charge in [-0.2, -0.15) is 4.39 Å². The Kier molecular flexibility index (Phi) is 6.72. The molecular weight excluding hydrogens is 438 g/mol. The van der Waals surface area contributed by atoms with Crippen LogP contribution in [0.3, 0.4) is 0 Å². The minimum Gasteiger partial charge on any atom is -0.370 e. The molecule has 2 N–H and O–H groups in total. The lowest BCUT2D eigenvalue weighted by Gasteiger charge is -2.22. The molecular formula is C25H24F2N6O. The van der Waals surface area contributed by atoms with Crippen molar-refractivity contribution in [1.29, 1.82) is 0 Å². The van der Waals surface area contributed by atoms with E-state index in [1.165, 1.54) is 25.6 Å². The minimum atomic E-state index is -0.651. The van der Waals surface area contributed by atoms with Gasteiger partial charge in [0.25, 0.3) is 5.91 Å². The van der Waals surface area contributed by atoms with Crippen LogP contribution in [0.4, 0.5) is 14.6 Å². The first-order valence-corrected chi connectivity index (χ1v) is 10.9. The topological polar surface area (TPSA) is 92.7 Å². The highest BCUT2D eigenvalue weighted by molar-refractivity contribution is 6.06. The van der Waals surface area contributed by atoms with Gasteiger partial charge in [0.1, 0.15) is 12.1 Å².